The Bertz CT molecular complexity index is 796. The number of rotatable bonds is 4. The number of nitrogens with zero attached hydrogens (tertiary/aromatic N) is 3. The van der Waals surface area contributed by atoms with E-state index in [1.54, 1.807) is 6.07 Å². The summed E-state index contributed by atoms with van der Waals surface area (Å²) in [7, 11) is 0. The molecule has 0 unspecified atom stereocenters. The van der Waals surface area contributed by atoms with Gasteiger partial charge < -0.3 is 15.1 Å². The summed E-state index contributed by atoms with van der Waals surface area (Å²) >= 11 is 0. The molecule has 4 rings (SSSR count). The number of anilines is 2. The summed E-state index contributed by atoms with van der Waals surface area (Å²) in [6, 6.07) is 14.9. The fraction of sp³-hybridized carbons (Fsp3) is 0.409. The van der Waals surface area contributed by atoms with Crippen molar-refractivity contribution in [3.63, 3.8) is 0 Å². The first-order valence-electron chi connectivity index (χ1n) is 10.1. The van der Waals surface area contributed by atoms with Crippen molar-refractivity contribution in [2.45, 2.75) is 19.4 Å². The Morgan fingerprint density at radius 1 is 0.893 bits per heavy atom. The van der Waals surface area contributed by atoms with Crippen LogP contribution in [0.1, 0.15) is 18.4 Å². The third-order valence-corrected chi connectivity index (χ3v) is 5.60. The van der Waals surface area contributed by atoms with Crippen LogP contribution in [0.25, 0.3) is 0 Å². The van der Waals surface area contributed by atoms with Gasteiger partial charge in [-0.05, 0) is 43.2 Å². The first kappa shape index (κ1) is 18.7. The van der Waals surface area contributed by atoms with Gasteiger partial charge in [0, 0.05) is 62.8 Å². The van der Waals surface area contributed by atoms with Gasteiger partial charge in [-0.3, -0.25) is 4.90 Å². The minimum Gasteiger partial charge on any atom is -0.372 e. The van der Waals surface area contributed by atoms with E-state index in [1.807, 2.05) is 29.2 Å². The van der Waals surface area contributed by atoms with Crippen LogP contribution >= 0.6 is 0 Å². The Hall–Kier alpha value is -2.60. The number of amides is 2. The Balaban J connectivity index is 1.26. The molecule has 2 aliphatic rings. The van der Waals surface area contributed by atoms with Crippen molar-refractivity contribution in [3.05, 3.63) is 59.9 Å². The molecule has 2 heterocycles. The number of hydrogen-bond acceptors (Lipinski definition) is 3. The molecule has 2 amide bonds. The molecular weight excluding hydrogens is 355 g/mol. The van der Waals surface area contributed by atoms with Crippen LogP contribution in [0.15, 0.2) is 48.5 Å². The van der Waals surface area contributed by atoms with Crippen molar-refractivity contribution >= 4 is 17.4 Å². The highest BCUT2D eigenvalue weighted by Crippen LogP contribution is 2.22. The molecule has 2 aliphatic heterocycles. The summed E-state index contributed by atoms with van der Waals surface area (Å²) in [6.07, 6.45) is 2.50. The van der Waals surface area contributed by atoms with E-state index >= 15 is 0 Å². The maximum absolute atomic E-state index is 13.8. The van der Waals surface area contributed by atoms with Gasteiger partial charge in [-0.2, -0.15) is 0 Å². The normalized spacial score (nSPS) is 17.8. The Morgan fingerprint density at radius 2 is 1.57 bits per heavy atom. The first-order valence-corrected chi connectivity index (χ1v) is 10.1. The van der Waals surface area contributed by atoms with Gasteiger partial charge in [0.05, 0.1) is 0 Å². The molecule has 0 radical (unpaired) electrons. The number of benzene rings is 2. The smallest absolute Gasteiger partial charge is 0.321 e. The topological polar surface area (TPSA) is 38.8 Å². The summed E-state index contributed by atoms with van der Waals surface area (Å²) in [5, 5.41) is 2.99. The summed E-state index contributed by atoms with van der Waals surface area (Å²) in [4.78, 5) is 18.9. The van der Waals surface area contributed by atoms with Gasteiger partial charge in [0.1, 0.15) is 5.82 Å². The lowest BCUT2D eigenvalue weighted by Crippen LogP contribution is -2.49. The van der Waals surface area contributed by atoms with Gasteiger partial charge in [-0.25, -0.2) is 9.18 Å². The average molecular weight is 382 g/mol. The quantitative estimate of drug-likeness (QED) is 0.875. The zero-order valence-corrected chi connectivity index (χ0v) is 16.1. The van der Waals surface area contributed by atoms with E-state index in [-0.39, 0.29) is 11.8 Å². The molecule has 28 heavy (non-hydrogen) atoms. The number of carbonyl (C=O) groups excluding carboxylic acids is 1. The number of nitrogens with one attached hydrogen (secondary N) is 1. The van der Waals surface area contributed by atoms with E-state index in [0.717, 1.165) is 31.9 Å². The second-order valence-electron chi connectivity index (χ2n) is 7.53. The van der Waals surface area contributed by atoms with Crippen molar-refractivity contribution < 1.29 is 9.18 Å². The highest BCUT2D eigenvalue weighted by atomic mass is 19.1. The van der Waals surface area contributed by atoms with Crippen molar-refractivity contribution in [2.24, 2.45) is 0 Å². The van der Waals surface area contributed by atoms with E-state index in [4.69, 9.17) is 0 Å². The number of carbonyl (C=O) groups is 1. The lowest BCUT2D eigenvalue weighted by molar-refractivity contribution is 0.142. The van der Waals surface area contributed by atoms with E-state index in [0.29, 0.717) is 25.2 Å². The molecule has 0 aliphatic carbocycles. The highest BCUT2D eigenvalue weighted by Gasteiger charge is 2.22. The predicted molar refractivity (Wildman–Crippen MR) is 110 cm³/mol. The minimum absolute atomic E-state index is 0.0699. The number of halogens is 1. The molecule has 1 N–H and O–H groups in total. The van der Waals surface area contributed by atoms with E-state index in [2.05, 4.69) is 27.2 Å². The molecule has 0 saturated carbocycles. The number of urea groups is 1. The zero-order valence-electron chi connectivity index (χ0n) is 16.1. The van der Waals surface area contributed by atoms with E-state index in [9.17, 15) is 9.18 Å². The maximum atomic E-state index is 13.8. The molecule has 6 heteroatoms. The van der Waals surface area contributed by atoms with Gasteiger partial charge in [0.2, 0.25) is 0 Å². The van der Waals surface area contributed by atoms with Gasteiger partial charge in [0.25, 0.3) is 0 Å². The van der Waals surface area contributed by atoms with Crippen molar-refractivity contribution in [1.29, 1.82) is 0 Å². The Kier molecular flexibility index (Phi) is 5.76. The lowest BCUT2D eigenvalue weighted by atomic mass is 10.2. The Morgan fingerprint density at radius 3 is 2.25 bits per heavy atom. The van der Waals surface area contributed by atoms with Crippen LogP contribution in [0.2, 0.25) is 0 Å². The Labute approximate surface area is 165 Å². The average Bonchev–Trinajstić information content (AvgIpc) is 3.26. The van der Waals surface area contributed by atoms with Crippen LogP contribution in [0.5, 0.6) is 0 Å². The third kappa shape index (κ3) is 4.44. The van der Waals surface area contributed by atoms with Crippen LogP contribution in [-0.4, -0.2) is 55.1 Å². The molecule has 5 nitrogen and oxygen atoms in total. The largest absolute Gasteiger partial charge is 0.372 e. The van der Waals surface area contributed by atoms with Crippen LogP contribution in [0, 0.1) is 5.82 Å². The number of piperazine rings is 1. The van der Waals surface area contributed by atoms with Gasteiger partial charge in [-0.15, -0.1) is 0 Å². The van der Waals surface area contributed by atoms with Gasteiger partial charge in [0.15, 0.2) is 0 Å². The molecule has 2 saturated heterocycles. The predicted octanol–water partition coefficient (Wildman–Crippen LogP) is 3.78. The fourth-order valence-corrected chi connectivity index (χ4v) is 3.91. The summed E-state index contributed by atoms with van der Waals surface area (Å²) in [6.45, 7) is 5.59. The van der Waals surface area contributed by atoms with Crippen LogP contribution in [-0.2, 0) is 6.54 Å². The molecule has 0 atom stereocenters. The van der Waals surface area contributed by atoms with Crippen molar-refractivity contribution in [1.82, 2.24) is 9.80 Å². The van der Waals surface area contributed by atoms with Crippen molar-refractivity contribution in [3.8, 4) is 0 Å². The molecule has 2 fully saturated rings. The zero-order chi connectivity index (χ0) is 19.3. The first-order chi connectivity index (χ1) is 13.7. The SMILES string of the molecule is O=C(Nc1ccc(N2CCCC2)cc1)N1CCN(Cc2ccccc2F)CC1. The van der Waals surface area contributed by atoms with Crippen molar-refractivity contribution in [2.75, 3.05) is 49.5 Å². The lowest BCUT2D eigenvalue weighted by Gasteiger charge is -2.34. The van der Waals surface area contributed by atoms with Crippen LogP contribution in [0.4, 0.5) is 20.6 Å². The fourth-order valence-electron chi connectivity index (χ4n) is 3.91. The molecule has 148 valence electrons. The highest BCUT2D eigenvalue weighted by molar-refractivity contribution is 5.89. The standard InChI is InChI=1S/C22H27FN4O/c23-21-6-2-1-5-18(21)17-25-13-15-27(16-14-25)22(28)24-19-7-9-20(10-8-19)26-11-3-4-12-26/h1-2,5-10H,3-4,11-17H2,(H,24,28). The summed E-state index contributed by atoms with van der Waals surface area (Å²) in [5.41, 5.74) is 2.75. The monoisotopic (exact) mass is 382 g/mol. The molecule has 0 aromatic heterocycles. The molecule has 0 spiro atoms. The third-order valence-electron chi connectivity index (χ3n) is 5.60. The molecule has 2 aromatic rings. The second kappa shape index (κ2) is 8.61. The molecular formula is C22H27FN4O. The van der Waals surface area contributed by atoms with E-state index in [1.165, 1.54) is 24.6 Å². The minimum atomic E-state index is -0.167. The number of hydrogen-bond donors (Lipinski definition) is 1. The summed E-state index contributed by atoms with van der Waals surface area (Å²) in [5.74, 6) is -0.167. The van der Waals surface area contributed by atoms with Crippen LogP contribution < -0.4 is 10.2 Å². The van der Waals surface area contributed by atoms with E-state index < -0.39 is 0 Å². The van der Waals surface area contributed by atoms with Crippen LogP contribution in [0.3, 0.4) is 0 Å². The molecule has 2 aromatic carbocycles. The van der Waals surface area contributed by atoms with Gasteiger partial charge in [-0.1, -0.05) is 18.2 Å². The second-order valence-corrected chi connectivity index (χ2v) is 7.53. The van der Waals surface area contributed by atoms with Gasteiger partial charge >= 0.3 is 6.03 Å². The maximum Gasteiger partial charge on any atom is 0.321 e. The summed E-state index contributed by atoms with van der Waals surface area (Å²) < 4.78 is 13.8. The molecule has 0 bridgehead atoms.